The topological polar surface area (TPSA) is 75.3 Å². The summed E-state index contributed by atoms with van der Waals surface area (Å²) in [6, 6.07) is 10.4. The molecule has 0 aliphatic heterocycles. The number of benzene rings is 2. The van der Waals surface area contributed by atoms with Crippen LogP contribution < -0.4 is 10.0 Å². The first-order chi connectivity index (χ1) is 10.8. The van der Waals surface area contributed by atoms with E-state index in [1.807, 2.05) is 0 Å². The molecule has 5 nitrogen and oxygen atoms in total. The van der Waals surface area contributed by atoms with E-state index in [4.69, 9.17) is 34.8 Å². The molecule has 0 atom stereocenters. The maximum Gasteiger partial charge on any atom is 0.241 e. The summed E-state index contributed by atoms with van der Waals surface area (Å²) in [6.07, 6.45) is 0. The third-order valence-corrected chi connectivity index (χ3v) is 5.02. The Kier molecular flexibility index (Phi) is 5.89. The number of anilines is 1. The van der Waals surface area contributed by atoms with Crippen LogP contribution in [0.15, 0.2) is 47.4 Å². The molecule has 2 rings (SSSR count). The second kappa shape index (κ2) is 7.51. The smallest absolute Gasteiger partial charge is 0.241 e. The Labute approximate surface area is 148 Å². The van der Waals surface area contributed by atoms with Gasteiger partial charge in [0.15, 0.2) is 0 Å². The molecule has 2 aromatic rings. The van der Waals surface area contributed by atoms with Gasteiger partial charge in [-0.05, 0) is 30.3 Å². The first-order valence-electron chi connectivity index (χ1n) is 6.29. The summed E-state index contributed by atoms with van der Waals surface area (Å²) < 4.78 is 26.3. The van der Waals surface area contributed by atoms with E-state index in [-0.39, 0.29) is 25.7 Å². The molecule has 0 fully saturated rings. The minimum Gasteiger partial charge on any atom is -0.322 e. The summed E-state index contributed by atoms with van der Waals surface area (Å²) in [7, 11) is -3.85. The fourth-order valence-corrected chi connectivity index (χ4v) is 3.45. The summed E-state index contributed by atoms with van der Waals surface area (Å²) in [5.41, 5.74) is 0.225. The van der Waals surface area contributed by atoms with Crippen molar-refractivity contribution in [3.8, 4) is 0 Å². The van der Waals surface area contributed by atoms with Gasteiger partial charge in [0.1, 0.15) is 0 Å². The normalized spacial score (nSPS) is 11.3. The number of hydrogen-bond donors (Lipinski definition) is 2. The van der Waals surface area contributed by atoms with Crippen LogP contribution in [0.4, 0.5) is 5.69 Å². The van der Waals surface area contributed by atoms with E-state index in [2.05, 4.69) is 10.0 Å². The Hall–Kier alpha value is -1.31. The Morgan fingerprint density at radius 1 is 1.00 bits per heavy atom. The number of rotatable bonds is 5. The lowest BCUT2D eigenvalue weighted by Gasteiger charge is -2.10. The highest BCUT2D eigenvalue weighted by molar-refractivity contribution is 7.89. The maximum atomic E-state index is 12.1. The lowest BCUT2D eigenvalue weighted by molar-refractivity contribution is -0.115. The van der Waals surface area contributed by atoms with Crippen molar-refractivity contribution < 1.29 is 13.2 Å². The molecular weight excluding hydrogens is 383 g/mol. The SMILES string of the molecule is O=C(CNS(=O)(=O)c1cccc(Cl)c1)Nc1c(Cl)cccc1Cl. The quantitative estimate of drug-likeness (QED) is 0.815. The second-order valence-electron chi connectivity index (χ2n) is 4.43. The van der Waals surface area contributed by atoms with Crippen molar-refractivity contribution >= 4 is 56.4 Å². The van der Waals surface area contributed by atoms with E-state index >= 15 is 0 Å². The first kappa shape index (κ1) is 18.0. The number of halogens is 3. The van der Waals surface area contributed by atoms with E-state index in [1.54, 1.807) is 24.3 Å². The number of sulfonamides is 1. The molecule has 2 N–H and O–H groups in total. The van der Waals surface area contributed by atoms with Crippen molar-refractivity contribution in [2.24, 2.45) is 0 Å². The van der Waals surface area contributed by atoms with Crippen LogP contribution in [-0.4, -0.2) is 20.9 Å². The van der Waals surface area contributed by atoms with Gasteiger partial charge in [0, 0.05) is 5.02 Å². The number of amides is 1. The molecule has 0 saturated carbocycles. The molecule has 0 spiro atoms. The lowest BCUT2D eigenvalue weighted by Crippen LogP contribution is -2.33. The van der Waals surface area contributed by atoms with Gasteiger partial charge in [-0.1, -0.05) is 46.9 Å². The zero-order valence-corrected chi connectivity index (χ0v) is 14.6. The Morgan fingerprint density at radius 2 is 1.61 bits per heavy atom. The van der Waals surface area contributed by atoms with Crippen molar-refractivity contribution in [2.75, 3.05) is 11.9 Å². The van der Waals surface area contributed by atoms with Crippen molar-refractivity contribution in [2.45, 2.75) is 4.90 Å². The Bertz CT molecular complexity index is 821. The average molecular weight is 394 g/mol. The van der Waals surface area contributed by atoms with Crippen molar-refractivity contribution in [3.05, 3.63) is 57.5 Å². The minimum absolute atomic E-state index is 0.0337. The highest BCUT2D eigenvalue weighted by Crippen LogP contribution is 2.29. The zero-order chi connectivity index (χ0) is 17.0. The molecule has 0 saturated heterocycles. The van der Waals surface area contributed by atoms with E-state index in [0.29, 0.717) is 0 Å². The number of para-hydroxylation sites is 1. The summed E-state index contributed by atoms with van der Waals surface area (Å²) in [4.78, 5) is 11.8. The molecule has 2 aromatic carbocycles. The van der Waals surface area contributed by atoms with E-state index in [1.165, 1.54) is 18.2 Å². The van der Waals surface area contributed by atoms with E-state index in [9.17, 15) is 13.2 Å². The van der Waals surface area contributed by atoms with Crippen LogP contribution in [-0.2, 0) is 14.8 Å². The predicted molar refractivity (Wildman–Crippen MR) is 91.7 cm³/mol. The van der Waals surface area contributed by atoms with Gasteiger partial charge in [0.05, 0.1) is 27.2 Å². The molecule has 23 heavy (non-hydrogen) atoms. The molecule has 0 radical (unpaired) electrons. The van der Waals surface area contributed by atoms with Crippen LogP contribution in [0.25, 0.3) is 0 Å². The van der Waals surface area contributed by atoms with Gasteiger partial charge in [0.25, 0.3) is 0 Å². The van der Waals surface area contributed by atoms with E-state index < -0.39 is 22.5 Å². The molecule has 0 aliphatic carbocycles. The van der Waals surface area contributed by atoms with Gasteiger partial charge >= 0.3 is 0 Å². The average Bonchev–Trinajstić information content (AvgIpc) is 2.49. The largest absolute Gasteiger partial charge is 0.322 e. The standard InChI is InChI=1S/C14H11Cl3N2O3S/c15-9-3-1-4-10(7-9)23(21,22)18-8-13(20)19-14-11(16)5-2-6-12(14)17/h1-7,18H,8H2,(H,19,20). The fraction of sp³-hybridized carbons (Fsp3) is 0.0714. The summed E-state index contributed by atoms with van der Waals surface area (Å²) in [5, 5.41) is 3.24. The van der Waals surface area contributed by atoms with Gasteiger partial charge in [-0.2, -0.15) is 0 Å². The van der Waals surface area contributed by atoms with Crippen LogP contribution in [0.1, 0.15) is 0 Å². The second-order valence-corrected chi connectivity index (χ2v) is 7.44. The molecule has 9 heteroatoms. The lowest BCUT2D eigenvalue weighted by atomic mass is 10.3. The monoisotopic (exact) mass is 392 g/mol. The fourth-order valence-electron chi connectivity index (χ4n) is 1.68. The highest BCUT2D eigenvalue weighted by atomic mass is 35.5. The maximum absolute atomic E-state index is 12.1. The third kappa shape index (κ3) is 4.83. The third-order valence-electron chi connectivity index (χ3n) is 2.76. The highest BCUT2D eigenvalue weighted by Gasteiger charge is 2.17. The van der Waals surface area contributed by atoms with Gasteiger partial charge in [-0.15, -0.1) is 0 Å². The molecule has 122 valence electrons. The molecule has 0 bridgehead atoms. The summed E-state index contributed by atoms with van der Waals surface area (Å²) >= 11 is 17.6. The number of nitrogens with one attached hydrogen (secondary N) is 2. The molecule has 0 heterocycles. The van der Waals surface area contributed by atoms with Crippen molar-refractivity contribution in [3.63, 3.8) is 0 Å². The molecule has 0 unspecified atom stereocenters. The molecule has 1 amide bonds. The Balaban J connectivity index is 2.04. The summed E-state index contributed by atoms with van der Waals surface area (Å²) in [6.45, 7) is -0.476. The predicted octanol–water partition coefficient (Wildman–Crippen LogP) is 3.56. The van der Waals surface area contributed by atoms with Crippen LogP contribution in [0.3, 0.4) is 0 Å². The van der Waals surface area contributed by atoms with Crippen molar-refractivity contribution in [1.29, 1.82) is 0 Å². The van der Waals surface area contributed by atoms with E-state index in [0.717, 1.165) is 0 Å². The molecular formula is C14H11Cl3N2O3S. The molecule has 0 aliphatic rings. The van der Waals surface area contributed by atoms with Gasteiger partial charge in [0.2, 0.25) is 15.9 Å². The minimum atomic E-state index is -3.85. The molecule has 0 aromatic heterocycles. The van der Waals surface area contributed by atoms with Crippen molar-refractivity contribution in [1.82, 2.24) is 4.72 Å². The van der Waals surface area contributed by atoms with Crippen LogP contribution in [0.2, 0.25) is 15.1 Å². The number of hydrogen-bond acceptors (Lipinski definition) is 3. The van der Waals surface area contributed by atoms with Gasteiger partial charge in [-0.3, -0.25) is 4.79 Å². The van der Waals surface area contributed by atoms with Crippen LogP contribution in [0, 0.1) is 0 Å². The van der Waals surface area contributed by atoms with Crippen LogP contribution >= 0.6 is 34.8 Å². The number of carbonyl (C=O) groups is 1. The first-order valence-corrected chi connectivity index (χ1v) is 8.90. The van der Waals surface area contributed by atoms with Gasteiger partial charge in [-0.25, -0.2) is 13.1 Å². The number of carbonyl (C=O) groups excluding carboxylic acids is 1. The Morgan fingerprint density at radius 3 is 2.22 bits per heavy atom. The van der Waals surface area contributed by atoms with Gasteiger partial charge < -0.3 is 5.32 Å². The zero-order valence-electron chi connectivity index (χ0n) is 11.5. The summed E-state index contributed by atoms with van der Waals surface area (Å²) in [5.74, 6) is -0.606. The van der Waals surface area contributed by atoms with Crippen LogP contribution in [0.5, 0.6) is 0 Å².